The number of hydrogen-bond donors (Lipinski definition) is 0. The predicted octanol–water partition coefficient (Wildman–Crippen LogP) is 6.50. The maximum absolute atomic E-state index is 10.9. The number of rotatable bonds is 7. The number of ether oxygens (including phenoxy) is 1. The van der Waals surface area contributed by atoms with Crippen molar-refractivity contribution in [2.75, 3.05) is 6.61 Å². The van der Waals surface area contributed by atoms with Crippen LogP contribution in [0.5, 0.6) is 0 Å². The van der Waals surface area contributed by atoms with Gasteiger partial charge in [0.15, 0.2) is 0 Å². The summed E-state index contributed by atoms with van der Waals surface area (Å²) >= 11 is 11.0. The average molecular weight is 493 g/mol. The lowest BCUT2D eigenvalue weighted by molar-refractivity contribution is -0.384. The molecule has 3 rings (SSSR count). The second-order valence-corrected chi connectivity index (χ2v) is 8.16. The molecule has 3 aromatic rings. The van der Waals surface area contributed by atoms with Crippen LogP contribution < -0.4 is 0 Å². The molecular formula is C20H15BrClN3O3S. The van der Waals surface area contributed by atoms with E-state index < -0.39 is 4.92 Å². The van der Waals surface area contributed by atoms with Gasteiger partial charge in [0.2, 0.25) is 0 Å². The highest BCUT2D eigenvalue weighted by molar-refractivity contribution is 9.10. The molecule has 9 heteroatoms. The van der Waals surface area contributed by atoms with Gasteiger partial charge in [-0.3, -0.25) is 10.1 Å². The SMILES string of the molecule is CCOCn1c(Sc2ccc([N+](=O)[O-])cc2)c(Br)c(C#N)c1-c1ccc(Cl)cc1. The maximum Gasteiger partial charge on any atom is 0.269 e. The Balaban J connectivity index is 2.11. The molecule has 0 fully saturated rings. The number of non-ortho nitro benzene ring substituents is 1. The fourth-order valence-electron chi connectivity index (χ4n) is 2.73. The molecule has 0 atom stereocenters. The van der Waals surface area contributed by atoms with Gasteiger partial charge in [-0.05, 0) is 52.7 Å². The van der Waals surface area contributed by atoms with E-state index in [-0.39, 0.29) is 12.4 Å². The van der Waals surface area contributed by atoms with Crippen molar-refractivity contribution in [3.8, 4) is 17.3 Å². The van der Waals surface area contributed by atoms with Crippen LogP contribution in [0, 0.1) is 21.4 Å². The first kappa shape index (κ1) is 21.4. The summed E-state index contributed by atoms with van der Waals surface area (Å²) in [5, 5.41) is 22.1. The van der Waals surface area contributed by atoms with Gasteiger partial charge in [0.1, 0.15) is 12.8 Å². The van der Waals surface area contributed by atoms with Crippen LogP contribution in [0.15, 0.2) is 62.9 Å². The molecule has 0 bridgehead atoms. The summed E-state index contributed by atoms with van der Waals surface area (Å²) in [5.41, 5.74) is 2.06. The van der Waals surface area contributed by atoms with Gasteiger partial charge in [-0.25, -0.2) is 0 Å². The number of benzene rings is 2. The van der Waals surface area contributed by atoms with Crippen molar-refractivity contribution in [3.63, 3.8) is 0 Å². The Labute approximate surface area is 185 Å². The fraction of sp³-hybridized carbons (Fsp3) is 0.150. The summed E-state index contributed by atoms with van der Waals surface area (Å²) in [6.07, 6.45) is 0. The van der Waals surface area contributed by atoms with E-state index in [0.717, 1.165) is 15.5 Å². The number of nitriles is 1. The molecule has 1 aromatic heterocycles. The summed E-state index contributed by atoms with van der Waals surface area (Å²) in [5.74, 6) is 0. The van der Waals surface area contributed by atoms with Gasteiger partial charge in [0, 0.05) is 28.7 Å². The van der Waals surface area contributed by atoms with Crippen LogP contribution in [0.4, 0.5) is 5.69 Å². The Morgan fingerprint density at radius 3 is 2.45 bits per heavy atom. The summed E-state index contributed by atoms with van der Waals surface area (Å²) in [7, 11) is 0. The summed E-state index contributed by atoms with van der Waals surface area (Å²) in [4.78, 5) is 11.3. The molecular weight excluding hydrogens is 478 g/mol. The van der Waals surface area contributed by atoms with Crippen molar-refractivity contribution >= 4 is 45.0 Å². The third-order valence-electron chi connectivity index (χ3n) is 4.08. The van der Waals surface area contributed by atoms with Gasteiger partial charge in [-0.15, -0.1) is 0 Å². The highest BCUT2D eigenvalue weighted by Crippen LogP contribution is 2.43. The molecule has 0 amide bonds. The number of halogens is 2. The zero-order valence-electron chi connectivity index (χ0n) is 15.3. The molecule has 0 unspecified atom stereocenters. The highest BCUT2D eigenvalue weighted by Gasteiger charge is 2.23. The largest absolute Gasteiger partial charge is 0.361 e. The number of nitro groups is 1. The topological polar surface area (TPSA) is 81.1 Å². The average Bonchev–Trinajstić information content (AvgIpc) is 2.98. The molecule has 0 saturated heterocycles. The monoisotopic (exact) mass is 491 g/mol. The second kappa shape index (κ2) is 9.46. The zero-order valence-corrected chi connectivity index (χ0v) is 18.4. The maximum atomic E-state index is 10.9. The molecule has 0 aliphatic rings. The van der Waals surface area contributed by atoms with Crippen molar-refractivity contribution < 1.29 is 9.66 Å². The van der Waals surface area contributed by atoms with Crippen molar-refractivity contribution in [2.45, 2.75) is 23.6 Å². The highest BCUT2D eigenvalue weighted by atomic mass is 79.9. The van der Waals surface area contributed by atoms with Gasteiger partial charge in [0.25, 0.3) is 5.69 Å². The lowest BCUT2D eigenvalue weighted by Crippen LogP contribution is -2.06. The molecule has 2 aromatic carbocycles. The van der Waals surface area contributed by atoms with Gasteiger partial charge >= 0.3 is 0 Å². The molecule has 0 N–H and O–H groups in total. The molecule has 148 valence electrons. The number of nitrogens with zero attached hydrogens (tertiary/aromatic N) is 3. The third kappa shape index (κ3) is 4.65. The summed E-state index contributed by atoms with van der Waals surface area (Å²) in [6, 6.07) is 15.8. The Morgan fingerprint density at radius 2 is 1.90 bits per heavy atom. The Bertz CT molecular complexity index is 1080. The fourth-order valence-corrected chi connectivity index (χ4v) is 4.53. The van der Waals surface area contributed by atoms with Crippen molar-refractivity contribution in [1.29, 1.82) is 5.26 Å². The molecule has 29 heavy (non-hydrogen) atoms. The molecule has 0 aliphatic heterocycles. The standard InChI is InChI=1S/C20H15BrClN3O3S/c1-2-28-12-24-19(13-3-5-14(22)6-4-13)17(11-23)18(21)20(24)29-16-9-7-15(8-10-16)25(26)27/h3-10H,2,12H2,1H3. The van der Waals surface area contributed by atoms with Crippen molar-refractivity contribution in [3.05, 3.63) is 73.7 Å². The van der Waals surface area contributed by atoms with Crippen LogP contribution >= 0.6 is 39.3 Å². The first-order valence-electron chi connectivity index (χ1n) is 8.54. The van der Waals surface area contributed by atoms with Gasteiger partial charge < -0.3 is 9.30 Å². The smallest absolute Gasteiger partial charge is 0.269 e. The van der Waals surface area contributed by atoms with E-state index in [1.807, 2.05) is 23.6 Å². The van der Waals surface area contributed by atoms with Gasteiger partial charge in [-0.1, -0.05) is 35.5 Å². The van der Waals surface area contributed by atoms with Crippen LogP contribution in [-0.4, -0.2) is 16.1 Å². The summed E-state index contributed by atoms with van der Waals surface area (Å²) in [6.45, 7) is 2.66. The lowest BCUT2D eigenvalue weighted by Gasteiger charge is -2.13. The molecule has 1 heterocycles. The van der Waals surface area contributed by atoms with E-state index in [0.29, 0.717) is 27.4 Å². The third-order valence-corrected chi connectivity index (χ3v) is 6.49. The van der Waals surface area contributed by atoms with E-state index >= 15 is 0 Å². The second-order valence-electron chi connectivity index (χ2n) is 5.86. The molecule has 6 nitrogen and oxygen atoms in total. The van der Waals surface area contributed by atoms with Gasteiger partial charge in [0.05, 0.1) is 25.7 Å². The lowest BCUT2D eigenvalue weighted by atomic mass is 10.1. The van der Waals surface area contributed by atoms with E-state index in [9.17, 15) is 15.4 Å². The quantitative estimate of drug-likeness (QED) is 0.278. The Morgan fingerprint density at radius 1 is 1.24 bits per heavy atom. The Kier molecular flexibility index (Phi) is 6.98. The minimum atomic E-state index is -0.436. The molecule has 0 spiro atoms. The van der Waals surface area contributed by atoms with Crippen LogP contribution in [0.2, 0.25) is 5.02 Å². The molecule has 0 radical (unpaired) electrons. The van der Waals surface area contributed by atoms with Crippen molar-refractivity contribution in [1.82, 2.24) is 4.57 Å². The number of nitro benzene ring substituents is 1. The van der Waals surface area contributed by atoms with Gasteiger partial charge in [-0.2, -0.15) is 5.26 Å². The van der Waals surface area contributed by atoms with E-state index in [1.54, 1.807) is 24.3 Å². The van der Waals surface area contributed by atoms with Crippen LogP contribution in [0.1, 0.15) is 12.5 Å². The zero-order chi connectivity index (χ0) is 21.0. The van der Waals surface area contributed by atoms with Crippen LogP contribution in [0.3, 0.4) is 0 Å². The minimum Gasteiger partial charge on any atom is -0.361 e. The molecule has 0 aliphatic carbocycles. The minimum absolute atomic E-state index is 0.0256. The number of aromatic nitrogens is 1. The number of hydrogen-bond acceptors (Lipinski definition) is 5. The first-order chi connectivity index (χ1) is 14.0. The predicted molar refractivity (Wildman–Crippen MR) is 116 cm³/mol. The molecule has 0 saturated carbocycles. The summed E-state index contributed by atoms with van der Waals surface area (Å²) < 4.78 is 8.22. The van der Waals surface area contributed by atoms with E-state index in [4.69, 9.17) is 16.3 Å². The van der Waals surface area contributed by atoms with Crippen LogP contribution in [0.25, 0.3) is 11.3 Å². The van der Waals surface area contributed by atoms with E-state index in [2.05, 4.69) is 22.0 Å². The Hall–Kier alpha value is -2.31. The first-order valence-corrected chi connectivity index (χ1v) is 10.5. The van der Waals surface area contributed by atoms with Crippen molar-refractivity contribution in [2.24, 2.45) is 0 Å². The van der Waals surface area contributed by atoms with Crippen LogP contribution in [-0.2, 0) is 11.5 Å². The van der Waals surface area contributed by atoms with E-state index in [1.165, 1.54) is 23.9 Å². The normalized spacial score (nSPS) is 10.7.